The minimum absolute atomic E-state index is 0.697. The van der Waals surface area contributed by atoms with Gasteiger partial charge in [0.2, 0.25) is 0 Å². The molecular weight excluding hydrogens is 211 g/mol. The van der Waals surface area contributed by atoms with E-state index in [2.05, 4.69) is 0 Å². The standard InChI is InChI=1S/C7H12I/c1-2-7(3-1)4-5-8-6-7/h1-6H2/q-1. The van der Waals surface area contributed by atoms with Crippen LogP contribution in [0.3, 0.4) is 0 Å². The molecule has 1 heteroatoms. The third-order valence-electron chi connectivity index (χ3n) is 2.55. The molecule has 2 rings (SSSR count). The van der Waals surface area contributed by atoms with Crippen LogP contribution in [0.4, 0.5) is 0 Å². The van der Waals surface area contributed by atoms with Crippen LogP contribution in [0.1, 0.15) is 25.7 Å². The first-order chi connectivity index (χ1) is 3.91. The molecule has 0 aromatic heterocycles. The van der Waals surface area contributed by atoms with Crippen LogP contribution in [0.25, 0.3) is 0 Å². The molecule has 0 amide bonds. The van der Waals surface area contributed by atoms with Crippen LogP contribution >= 0.6 is 0 Å². The summed E-state index contributed by atoms with van der Waals surface area (Å²) >= 11 is 0.697. The van der Waals surface area contributed by atoms with E-state index >= 15 is 0 Å². The van der Waals surface area contributed by atoms with Gasteiger partial charge in [0.1, 0.15) is 0 Å². The normalized spacial score (nSPS) is 34.0. The topological polar surface area (TPSA) is 0 Å². The molecule has 1 saturated heterocycles. The molecule has 0 unspecified atom stereocenters. The van der Waals surface area contributed by atoms with Crippen LogP contribution in [-0.4, -0.2) is 8.86 Å². The Bertz CT molecular complexity index is 86.6. The molecule has 48 valence electrons. The molecule has 0 radical (unpaired) electrons. The summed E-state index contributed by atoms with van der Waals surface area (Å²) in [6.07, 6.45) is 6.34. The van der Waals surface area contributed by atoms with Crippen molar-refractivity contribution in [2.45, 2.75) is 25.7 Å². The van der Waals surface area contributed by atoms with Crippen LogP contribution < -0.4 is 21.2 Å². The Morgan fingerprint density at radius 1 is 1.12 bits per heavy atom. The fourth-order valence-electron chi connectivity index (χ4n) is 1.66. The summed E-state index contributed by atoms with van der Waals surface area (Å²) in [5, 5.41) is 0. The van der Waals surface area contributed by atoms with Crippen molar-refractivity contribution >= 4 is 0 Å². The molecule has 1 saturated carbocycles. The van der Waals surface area contributed by atoms with Gasteiger partial charge in [-0.05, 0) is 0 Å². The molecule has 1 aliphatic heterocycles. The SMILES string of the molecule is C1CC2(C1)CC[I-]C2. The second-order valence-corrected chi connectivity index (χ2v) is 6.04. The first kappa shape index (κ1) is 5.51. The van der Waals surface area contributed by atoms with E-state index in [0.717, 1.165) is 5.41 Å². The van der Waals surface area contributed by atoms with Gasteiger partial charge in [0.15, 0.2) is 0 Å². The van der Waals surface area contributed by atoms with Crippen LogP contribution in [0.2, 0.25) is 0 Å². The van der Waals surface area contributed by atoms with Gasteiger partial charge in [0.05, 0.1) is 0 Å². The predicted octanol–water partition coefficient (Wildman–Crippen LogP) is -1.35. The van der Waals surface area contributed by atoms with Gasteiger partial charge in [-0.1, -0.05) is 0 Å². The Hall–Kier alpha value is 0.730. The van der Waals surface area contributed by atoms with E-state index < -0.39 is 0 Å². The molecule has 0 aromatic rings. The van der Waals surface area contributed by atoms with E-state index in [1.165, 1.54) is 0 Å². The second kappa shape index (κ2) is 1.86. The monoisotopic (exact) mass is 223 g/mol. The molecule has 1 heterocycles. The molecule has 8 heavy (non-hydrogen) atoms. The predicted molar refractivity (Wildman–Crippen MR) is 30.6 cm³/mol. The van der Waals surface area contributed by atoms with Gasteiger partial charge in [-0.25, -0.2) is 0 Å². The van der Waals surface area contributed by atoms with Gasteiger partial charge in [0.25, 0.3) is 0 Å². The summed E-state index contributed by atoms with van der Waals surface area (Å²) in [6.45, 7) is 0. The Morgan fingerprint density at radius 3 is 2.25 bits per heavy atom. The van der Waals surface area contributed by atoms with E-state index in [1.807, 2.05) is 0 Å². The van der Waals surface area contributed by atoms with Crippen LogP contribution in [0.15, 0.2) is 0 Å². The third kappa shape index (κ3) is 0.703. The first-order valence-corrected chi connectivity index (χ1v) is 6.50. The Kier molecular flexibility index (Phi) is 1.28. The van der Waals surface area contributed by atoms with E-state index in [4.69, 9.17) is 0 Å². The quantitative estimate of drug-likeness (QED) is 0.352. The van der Waals surface area contributed by atoms with E-state index in [9.17, 15) is 0 Å². The molecule has 1 aliphatic carbocycles. The van der Waals surface area contributed by atoms with Gasteiger partial charge in [-0.3, -0.25) is 0 Å². The molecule has 1 spiro atoms. The van der Waals surface area contributed by atoms with Crippen molar-refractivity contribution in [3.63, 3.8) is 0 Å². The molecule has 0 bridgehead atoms. The Balaban J connectivity index is 2.01. The summed E-state index contributed by atoms with van der Waals surface area (Å²) < 4.78 is 3.31. The number of hydrogen-bond donors (Lipinski definition) is 0. The molecule has 0 atom stereocenters. The zero-order chi connectivity index (χ0) is 5.45. The molecule has 0 nitrogen and oxygen atoms in total. The van der Waals surface area contributed by atoms with Gasteiger partial charge < -0.3 is 0 Å². The molecule has 0 N–H and O–H groups in total. The van der Waals surface area contributed by atoms with Crippen molar-refractivity contribution < 1.29 is 21.2 Å². The van der Waals surface area contributed by atoms with Crippen molar-refractivity contribution in [3.8, 4) is 0 Å². The summed E-state index contributed by atoms with van der Waals surface area (Å²) in [7, 11) is 0. The number of alkyl halides is 2. The van der Waals surface area contributed by atoms with Gasteiger partial charge in [-0.2, -0.15) is 0 Å². The average Bonchev–Trinajstić information content (AvgIpc) is 2.07. The molecule has 2 fully saturated rings. The van der Waals surface area contributed by atoms with E-state index in [1.54, 1.807) is 34.5 Å². The fraction of sp³-hybridized carbons (Fsp3) is 1.00. The summed E-state index contributed by atoms with van der Waals surface area (Å²) in [5.74, 6) is 0. The Labute approximate surface area is 61.3 Å². The summed E-state index contributed by atoms with van der Waals surface area (Å²) in [6, 6.07) is 0. The summed E-state index contributed by atoms with van der Waals surface area (Å²) in [4.78, 5) is 0. The van der Waals surface area contributed by atoms with Crippen molar-refractivity contribution in [2.75, 3.05) is 8.86 Å². The molecule has 0 aromatic carbocycles. The van der Waals surface area contributed by atoms with Crippen molar-refractivity contribution in [1.82, 2.24) is 0 Å². The third-order valence-corrected chi connectivity index (χ3v) is 6.01. The van der Waals surface area contributed by atoms with Crippen LogP contribution in [0.5, 0.6) is 0 Å². The van der Waals surface area contributed by atoms with E-state index in [0.29, 0.717) is 21.2 Å². The Morgan fingerprint density at radius 2 is 2.00 bits per heavy atom. The zero-order valence-electron chi connectivity index (χ0n) is 5.12. The maximum atomic E-state index is 1.67. The van der Waals surface area contributed by atoms with Crippen molar-refractivity contribution in [1.29, 1.82) is 0 Å². The van der Waals surface area contributed by atoms with Crippen LogP contribution in [-0.2, 0) is 0 Å². The zero-order valence-corrected chi connectivity index (χ0v) is 7.28. The van der Waals surface area contributed by atoms with Gasteiger partial charge in [0, 0.05) is 0 Å². The minimum atomic E-state index is 0.697. The first-order valence-electron chi connectivity index (χ1n) is 3.45. The number of halogens is 1. The van der Waals surface area contributed by atoms with E-state index in [-0.39, 0.29) is 0 Å². The molecular formula is C7H12I-. The maximum absolute atomic E-state index is 1.67. The fourth-order valence-corrected chi connectivity index (χ4v) is 5.86. The van der Waals surface area contributed by atoms with Gasteiger partial charge in [-0.15, -0.1) is 0 Å². The van der Waals surface area contributed by atoms with Crippen molar-refractivity contribution in [3.05, 3.63) is 0 Å². The average molecular weight is 223 g/mol. The van der Waals surface area contributed by atoms with Crippen molar-refractivity contribution in [2.24, 2.45) is 5.41 Å². The number of hydrogen-bond acceptors (Lipinski definition) is 0. The van der Waals surface area contributed by atoms with Gasteiger partial charge >= 0.3 is 61.2 Å². The number of rotatable bonds is 0. The summed E-state index contributed by atoms with van der Waals surface area (Å²) in [5.41, 5.74) is 0.966. The molecule has 2 aliphatic rings. The second-order valence-electron chi connectivity index (χ2n) is 3.12. The van der Waals surface area contributed by atoms with Crippen LogP contribution in [0, 0.1) is 5.41 Å².